The second kappa shape index (κ2) is 6.27. The van der Waals surface area contributed by atoms with Crippen LogP contribution < -0.4 is 10.1 Å². The lowest BCUT2D eigenvalue weighted by Gasteiger charge is -2.51. The summed E-state index contributed by atoms with van der Waals surface area (Å²) in [5, 5.41) is 3.74. The zero-order valence-electron chi connectivity index (χ0n) is 13.2. The normalized spacial score (nSPS) is 32.3. The third kappa shape index (κ3) is 2.64. The van der Waals surface area contributed by atoms with Gasteiger partial charge in [0.05, 0.1) is 24.4 Å². The van der Waals surface area contributed by atoms with Crippen LogP contribution in [0.4, 0.5) is 5.69 Å². The molecule has 2 aliphatic carbocycles. The minimum atomic E-state index is 0.0113. The van der Waals surface area contributed by atoms with Crippen LogP contribution in [0, 0.1) is 5.92 Å². The van der Waals surface area contributed by atoms with Crippen LogP contribution in [0.5, 0.6) is 5.75 Å². The van der Waals surface area contributed by atoms with Gasteiger partial charge in [-0.3, -0.25) is 0 Å². The summed E-state index contributed by atoms with van der Waals surface area (Å²) in [4.78, 5) is 0. The molecule has 0 bridgehead atoms. The maximum absolute atomic E-state index is 6.14. The number of nitrogens with one attached hydrogen (secondary N) is 1. The summed E-state index contributed by atoms with van der Waals surface area (Å²) in [5.41, 5.74) is 1.10. The van der Waals surface area contributed by atoms with Crippen LogP contribution in [0.2, 0.25) is 0 Å². The number of anilines is 1. The van der Waals surface area contributed by atoms with Gasteiger partial charge < -0.3 is 14.8 Å². The zero-order valence-corrected chi connectivity index (χ0v) is 13.2. The quantitative estimate of drug-likeness (QED) is 0.899. The van der Waals surface area contributed by atoms with E-state index in [0.29, 0.717) is 12.0 Å². The summed E-state index contributed by atoms with van der Waals surface area (Å²) in [7, 11) is 3.64. The topological polar surface area (TPSA) is 30.5 Å². The van der Waals surface area contributed by atoms with Crippen molar-refractivity contribution in [2.45, 2.75) is 56.6 Å². The molecule has 1 N–H and O–H groups in total. The molecular formula is C18H27NO2. The predicted octanol–water partition coefficient (Wildman–Crippen LogP) is 4.24. The Balaban J connectivity index is 1.85. The molecule has 116 valence electrons. The fourth-order valence-electron chi connectivity index (χ4n) is 4.46. The Hall–Kier alpha value is -1.22. The lowest BCUT2D eigenvalue weighted by atomic mass is 9.64. The van der Waals surface area contributed by atoms with E-state index in [1.165, 1.54) is 44.9 Å². The summed E-state index contributed by atoms with van der Waals surface area (Å²) in [6.07, 6.45) is 8.94. The minimum Gasteiger partial charge on any atom is -0.495 e. The van der Waals surface area contributed by atoms with Crippen LogP contribution in [0.15, 0.2) is 24.3 Å². The second-order valence-corrected chi connectivity index (χ2v) is 6.43. The van der Waals surface area contributed by atoms with Crippen LogP contribution in [-0.4, -0.2) is 25.9 Å². The predicted molar refractivity (Wildman–Crippen MR) is 86.0 cm³/mol. The molecular weight excluding hydrogens is 262 g/mol. The number of methoxy groups -OCH3 is 2. The molecule has 0 aromatic heterocycles. The Morgan fingerprint density at radius 1 is 1.05 bits per heavy atom. The number of hydrogen-bond acceptors (Lipinski definition) is 3. The lowest BCUT2D eigenvalue weighted by molar-refractivity contribution is -0.113. The van der Waals surface area contributed by atoms with Crippen molar-refractivity contribution in [1.82, 2.24) is 0 Å². The third-order valence-corrected chi connectivity index (χ3v) is 5.51. The van der Waals surface area contributed by atoms with E-state index in [-0.39, 0.29) is 5.60 Å². The number of rotatable bonds is 4. The first-order valence-corrected chi connectivity index (χ1v) is 8.25. The maximum Gasteiger partial charge on any atom is 0.141 e. The molecule has 3 rings (SSSR count). The number of benzene rings is 1. The average Bonchev–Trinajstić information content (AvgIpc) is 2.55. The van der Waals surface area contributed by atoms with Crippen molar-refractivity contribution in [2.24, 2.45) is 5.92 Å². The molecule has 1 aromatic carbocycles. The fraction of sp³-hybridized carbons (Fsp3) is 0.667. The van der Waals surface area contributed by atoms with Gasteiger partial charge in [-0.1, -0.05) is 31.4 Å². The molecule has 2 fully saturated rings. The Labute approximate surface area is 128 Å². The van der Waals surface area contributed by atoms with Crippen molar-refractivity contribution in [1.29, 1.82) is 0 Å². The number of fused-ring (bicyclic) bond motifs is 1. The molecule has 0 spiro atoms. The molecule has 0 aliphatic heterocycles. The molecule has 0 amide bonds. The van der Waals surface area contributed by atoms with Gasteiger partial charge >= 0.3 is 0 Å². The van der Waals surface area contributed by atoms with Gasteiger partial charge in [-0.15, -0.1) is 0 Å². The zero-order chi connectivity index (χ0) is 14.7. The first kappa shape index (κ1) is 14.7. The van der Waals surface area contributed by atoms with E-state index in [1.807, 2.05) is 19.2 Å². The molecule has 2 saturated carbocycles. The van der Waals surface area contributed by atoms with E-state index in [4.69, 9.17) is 9.47 Å². The van der Waals surface area contributed by atoms with Crippen LogP contribution in [0.25, 0.3) is 0 Å². The number of ether oxygens (including phenoxy) is 2. The van der Waals surface area contributed by atoms with Gasteiger partial charge in [0.1, 0.15) is 5.75 Å². The molecule has 3 unspecified atom stereocenters. The van der Waals surface area contributed by atoms with Crippen molar-refractivity contribution in [3.8, 4) is 5.75 Å². The second-order valence-electron chi connectivity index (χ2n) is 6.43. The van der Waals surface area contributed by atoms with E-state index >= 15 is 0 Å². The summed E-state index contributed by atoms with van der Waals surface area (Å²) in [6.45, 7) is 0. The third-order valence-electron chi connectivity index (χ3n) is 5.51. The Kier molecular flexibility index (Phi) is 4.39. The highest BCUT2D eigenvalue weighted by Crippen LogP contribution is 2.47. The highest BCUT2D eigenvalue weighted by Gasteiger charge is 2.49. The minimum absolute atomic E-state index is 0.0113. The first-order valence-electron chi connectivity index (χ1n) is 8.25. The van der Waals surface area contributed by atoms with Crippen molar-refractivity contribution < 1.29 is 9.47 Å². The molecule has 1 aromatic rings. The molecule has 2 aliphatic rings. The van der Waals surface area contributed by atoms with Gasteiger partial charge in [-0.2, -0.15) is 0 Å². The SMILES string of the molecule is COc1ccccc1NC1CCCC2CCCCC21OC. The smallest absolute Gasteiger partial charge is 0.141 e. The van der Waals surface area contributed by atoms with Gasteiger partial charge in [0, 0.05) is 7.11 Å². The fourth-order valence-corrected chi connectivity index (χ4v) is 4.46. The van der Waals surface area contributed by atoms with Gasteiger partial charge in [0.25, 0.3) is 0 Å². The van der Waals surface area contributed by atoms with Crippen LogP contribution in [0.3, 0.4) is 0 Å². The lowest BCUT2D eigenvalue weighted by Crippen LogP contribution is -2.57. The average molecular weight is 289 g/mol. The van der Waals surface area contributed by atoms with E-state index in [0.717, 1.165) is 11.4 Å². The molecule has 0 heterocycles. The van der Waals surface area contributed by atoms with Crippen molar-refractivity contribution in [3.63, 3.8) is 0 Å². The maximum atomic E-state index is 6.14. The van der Waals surface area contributed by atoms with Crippen molar-refractivity contribution in [2.75, 3.05) is 19.5 Å². The van der Waals surface area contributed by atoms with Crippen molar-refractivity contribution in [3.05, 3.63) is 24.3 Å². The summed E-state index contributed by atoms with van der Waals surface area (Å²) in [6, 6.07) is 8.58. The van der Waals surface area contributed by atoms with Crippen LogP contribution in [-0.2, 0) is 4.74 Å². The van der Waals surface area contributed by atoms with E-state index in [9.17, 15) is 0 Å². The summed E-state index contributed by atoms with van der Waals surface area (Å²) in [5.74, 6) is 1.62. The molecule has 3 heteroatoms. The standard InChI is InChI=1S/C18H27NO2/c1-20-16-11-4-3-10-15(16)19-17-12-7-9-14-8-5-6-13-18(14,17)21-2/h3-4,10-11,14,17,19H,5-9,12-13H2,1-2H3. The van der Waals surface area contributed by atoms with Crippen LogP contribution >= 0.6 is 0 Å². The van der Waals surface area contributed by atoms with Crippen molar-refractivity contribution >= 4 is 5.69 Å². The molecule has 21 heavy (non-hydrogen) atoms. The highest BCUT2D eigenvalue weighted by atomic mass is 16.5. The van der Waals surface area contributed by atoms with E-state index < -0.39 is 0 Å². The Morgan fingerprint density at radius 3 is 2.67 bits per heavy atom. The van der Waals surface area contributed by atoms with Crippen LogP contribution in [0.1, 0.15) is 44.9 Å². The highest BCUT2D eigenvalue weighted by molar-refractivity contribution is 5.57. The largest absolute Gasteiger partial charge is 0.495 e. The van der Waals surface area contributed by atoms with Gasteiger partial charge in [-0.05, 0) is 43.7 Å². The number of para-hydroxylation sites is 2. The molecule has 3 atom stereocenters. The Bertz CT molecular complexity index is 474. The summed E-state index contributed by atoms with van der Waals surface area (Å²) < 4.78 is 11.6. The summed E-state index contributed by atoms with van der Waals surface area (Å²) >= 11 is 0. The van der Waals surface area contributed by atoms with Gasteiger partial charge in [0.15, 0.2) is 0 Å². The van der Waals surface area contributed by atoms with Gasteiger partial charge in [-0.25, -0.2) is 0 Å². The monoisotopic (exact) mass is 289 g/mol. The molecule has 3 nitrogen and oxygen atoms in total. The van der Waals surface area contributed by atoms with E-state index in [1.54, 1.807) is 7.11 Å². The van der Waals surface area contributed by atoms with Gasteiger partial charge in [0.2, 0.25) is 0 Å². The van der Waals surface area contributed by atoms with E-state index in [2.05, 4.69) is 17.4 Å². The number of hydrogen-bond donors (Lipinski definition) is 1. The Morgan fingerprint density at radius 2 is 1.86 bits per heavy atom. The first-order chi connectivity index (χ1) is 10.3. The molecule has 0 saturated heterocycles. The molecule has 0 radical (unpaired) electrons.